The molecule has 4 heterocycles. The Bertz CT molecular complexity index is 1340. The molecule has 0 saturated heterocycles. The van der Waals surface area contributed by atoms with Crippen molar-refractivity contribution in [2.24, 2.45) is 13.0 Å². The molecule has 0 radical (unpaired) electrons. The van der Waals surface area contributed by atoms with Crippen molar-refractivity contribution in [2.75, 3.05) is 6.61 Å². The molecule has 1 aliphatic heterocycles. The fourth-order valence-electron chi connectivity index (χ4n) is 4.09. The predicted octanol–water partition coefficient (Wildman–Crippen LogP) is 3.82. The number of aromatic nitrogens is 4. The second kappa shape index (κ2) is 6.10. The van der Waals surface area contributed by atoms with Crippen LogP contribution in [-0.4, -0.2) is 25.7 Å². The molecule has 1 aliphatic rings. The van der Waals surface area contributed by atoms with Gasteiger partial charge in [-0.3, -0.25) is 14.1 Å². The van der Waals surface area contributed by atoms with Gasteiger partial charge >= 0.3 is 5.69 Å². The number of aryl methyl sites for hydroxylation is 1. The lowest BCUT2D eigenvalue weighted by atomic mass is 10.0. The second-order valence-corrected chi connectivity index (χ2v) is 7.65. The summed E-state index contributed by atoms with van der Waals surface area (Å²) in [5, 5.41) is 0.573. The minimum Gasteiger partial charge on any atom is -0.490 e. The molecule has 29 heavy (non-hydrogen) atoms. The number of hydrogen-bond donors (Lipinski definition) is 0. The molecule has 5 rings (SSSR count). The Morgan fingerprint density at radius 2 is 2.00 bits per heavy atom. The molecule has 1 aromatic carbocycles. The Morgan fingerprint density at radius 1 is 1.21 bits per heavy atom. The van der Waals surface area contributed by atoms with Gasteiger partial charge in [0.2, 0.25) is 5.95 Å². The lowest BCUT2D eigenvalue weighted by molar-refractivity contribution is 0.217. The van der Waals surface area contributed by atoms with Crippen molar-refractivity contribution in [3.05, 3.63) is 52.8 Å². The number of imidazole rings is 1. The van der Waals surface area contributed by atoms with Crippen LogP contribution in [0.2, 0.25) is 0 Å². The predicted molar refractivity (Wildman–Crippen MR) is 105 cm³/mol. The highest BCUT2D eigenvalue weighted by Crippen LogP contribution is 2.44. The van der Waals surface area contributed by atoms with Gasteiger partial charge in [0, 0.05) is 24.9 Å². The molecule has 1 atom stereocenters. The van der Waals surface area contributed by atoms with Gasteiger partial charge in [0.05, 0.1) is 39.7 Å². The monoisotopic (exact) mass is 396 g/mol. The van der Waals surface area contributed by atoms with Crippen molar-refractivity contribution < 1.29 is 13.5 Å². The molecular formula is C21H18F2N4O2. The molecule has 3 aromatic heterocycles. The maximum absolute atomic E-state index is 15.1. The summed E-state index contributed by atoms with van der Waals surface area (Å²) in [6.45, 7) is 4.23. The van der Waals surface area contributed by atoms with Crippen LogP contribution in [0.25, 0.3) is 33.1 Å². The van der Waals surface area contributed by atoms with Gasteiger partial charge in [-0.15, -0.1) is 0 Å². The molecule has 6 nitrogen and oxygen atoms in total. The van der Waals surface area contributed by atoms with Crippen molar-refractivity contribution in [3.8, 4) is 16.9 Å². The highest BCUT2D eigenvalue weighted by Gasteiger charge is 2.31. The van der Waals surface area contributed by atoms with E-state index in [-0.39, 0.29) is 29.8 Å². The van der Waals surface area contributed by atoms with E-state index in [1.807, 2.05) is 13.8 Å². The number of nitrogens with zero attached hydrogens (tertiary/aromatic N) is 4. The Hall–Kier alpha value is -3.29. The largest absolute Gasteiger partial charge is 0.490 e. The summed E-state index contributed by atoms with van der Waals surface area (Å²) in [5.74, 6) is -0.784. The smallest absolute Gasteiger partial charge is 0.329 e. The highest BCUT2D eigenvalue weighted by molar-refractivity contribution is 6.09. The molecular weight excluding hydrogens is 378 g/mol. The lowest BCUT2D eigenvalue weighted by Crippen LogP contribution is -2.31. The maximum atomic E-state index is 15.1. The van der Waals surface area contributed by atoms with Gasteiger partial charge in [-0.2, -0.15) is 4.39 Å². The third-order valence-corrected chi connectivity index (χ3v) is 5.63. The van der Waals surface area contributed by atoms with Gasteiger partial charge < -0.3 is 4.74 Å². The van der Waals surface area contributed by atoms with E-state index in [1.54, 1.807) is 22.4 Å². The summed E-state index contributed by atoms with van der Waals surface area (Å²) in [5.41, 5.74) is 2.13. The standard InChI is InChI=1S/C21H18F2N4O2/c1-10(2)15-9-29-20-17(11-4-5-16(23)25-7-11)12(22)6-13-18(20)19-14(8-24-13)26(3)21(28)27(15)19/h4-8,10,15H,9H2,1-3H3/t15-/m1/s1. The molecule has 0 N–H and O–H groups in total. The summed E-state index contributed by atoms with van der Waals surface area (Å²) in [4.78, 5) is 21.1. The molecule has 0 saturated carbocycles. The van der Waals surface area contributed by atoms with Crippen LogP contribution in [0.15, 0.2) is 35.4 Å². The molecule has 4 aromatic rings. The zero-order valence-corrected chi connectivity index (χ0v) is 16.1. The number of pyridine rings is 2. The van der Waals surface area contributed by atoms with Gasteiger partial charge in [0.1, 0.15) is 18.2 Å². The number of rotatable bonds is 2. The summed E-state index contributed by atoms with van der Waals surface area (Å²) in [6, 6.07) is 3.73. The quantitative estimate of drug-likeness (QED) is 0.484. The van der Waals surface area contributed by atoms with E-state index in [0.717, 1.165) is 0 Å². The van der Waals surface area contributed by atoms with E-state index >= 15 is 4.39 Å². The van der Waals surface area contributed by atoms with Crippen LogP contribution in [0.3, 0.4) is 0 Å². The summed E-state index contributed by atoms with van der Waals surface area (Å²) < 4.78 is 37.9. The van der Waals surface area contributed by atoms with Gasteiger partial charge in [0.25, 0.3) is 0 Å². The fraction of sp³-hybridized carbons (Fsp3) is 0.286. The Morgan fingerprint density at radius 3 is 2.69 bits per heavy atom. The molecule has 8 heteroatoms. The Kier molecular flexibility index (Phi) is 3.74. The van der Waals surface area contributed by atoms with Crippen LogP contribution in [0.5, 0.6) is 5.75 Å². The van der Waals surface area contributed by atoms with Crippen molar-refractivity contribution in [2.45, 2.75) is 19.9 Å². The minimum atomic E-state index is -0.650. The lowest BCUT2D eigenvalue weighted by Gasteiger charge is -2.21. The zero-order chi connectivity index (χ0) is 20.4. The molecule has 148 valence electrons. The highest BCUT2D eigenvalue weighted by atomic mass is 19.1. The molecule has 0 unspecified atom stereocenters. The average Bonchev–Trinajstić information content (AvgIpc) is 2.84. The van der Waals surface area contributed by atoms with Crippen LogP contribution >= 0.6 is 0 Å². The van der Waals surface area contributed by atoms with Crippen molar-refractivity contribution in [3.63, 3.8) is 0 Å². The number of hydrogen-bond acceptors (Lipinski definition) is 4. The van der Waals surface area contributed by atoms with Crippen LogP contribution in [0.1, 0.15) is 19.9 Å². The summed E-state index contributed by atoms with van der Waals surface area (Å²) >= 11 is 0. The third kappa shape index (κ3) is 2.41. The molecule has 0 fully saturated rings. The molecule has 0 aliphatic carbocycles. The number of benzene rings is 1. The van der Waals surface area contributed by atoms with Gasteiger partial charge in [0.15, 0.2) is 0 Å². The van der Waals surface area contributed by atoms with E-state index < -0.39 is 11.8 Å². The first-order valence-corrected chi connectivity index (χ1v) is 9.35. The first-order chi connectivity index (χ1) is 13.9. The van der Waals surface area contributed by atoms with Crippen molar-refractivity contribution in [1.82, 2.24) is 19.1 Å². The summed E-state index contributed by atoms with van der Waals surface area (Å²) in [6.07, 6.45) is 2.86. The second-order valence-electron chi connectivity index (χ2n) is 7.65. The third-order valence-electron chi connectivity index (χ3n) is 5.63. The molecule has 0 bridgehead atoms. The van der Waals surface area contributed by atoms with Crippen LogP contribution in [0.4, 0.5) is 8.78 Å². The van der Waals surface area contributed by atoms with E-state index in [1.165, 1.54) is 24.4 Å². The topological polar surface area (TPSA) is 61.9 Å². The Balaban J connectivity index is 1.97. The minimum absolute atomic E-state index is 0.108. The van der Waals surface area contributed by atoms with Crippen LogP contribution < -0.4 is 10.4 Å². The van der Waals surface area contributed by atoms with E-state index in [9.17, 15) is 9.18 Å². The SMILES string of the molecule is CC(C)[C@H]1COc2c(-c3ccc(F)nc3)c(F)cc3ncc4c(c23)n1c(=O)n4C. The van der Waals surface area contributed by atoms with Gasteiger partial charge in [-0.25, -0.2) is 14.2 Å². The van der Waals surface area contributed by atoms with E-state index in [4.69, 9.17) is 4.74 Å². The normalized spacial score (nSPS) is 16.0. The van der Waals surface area contributed by atoms with E-state index in [2.05, 4.69) is 9.97 Å². The average molecular weight is 396 g/mol. The zero-order valence-electron chi connectivity index (χ0n) is 16.1. The first kappa shape index (κ1) is 17.8. The first-order valence-electron chi connectivity index (χ1n) is 9.35. The van der Waals surface area contributed by atoms with E-state index in [0.29, 0.717) is 33.2 Å². The molecule has 0 spiro atoms. The molecule has 0 amide bonds. The van der Waals surface area contributed by atoms with Gasteiger partial charge in [-0.05, 0) is 18.1 Å². The summed E-state index contributed by atoms with van der Waals surface area (Å²) in [7, 11) is 1.70. The number of halogens is 2. The van der Waals surface area contributed by atoms with Crippen LogP contribution in [-0.2, 0) is 7.05 Å². The van der Waals surface area contributed by atoms with Crippen molar-refractivity contribution in [1.29, 1.82) is 0 Å². The van der Waals surface area contributed by atoms with Gasteiger partial charge in [-0.1, -0.05) is 13.8 Å². The Labute approximate surface area is 164 Å². The van der Waals surface area contributed by atoms with Crippen molar-refractivity contribution >= 4 is 21.9 Å². The maximum Gasteiger partial charge on any atom is 0.329 e. The van der Waals surface area contributed by atoms with Crippen LogP contribution in [0, 0.1) is 17.7 Å². The fourth-order valence-corrected chi connectivity index (χ4v) is 4.09. The number of ether oxygens (including phenoxy) is 1.